The van der Waals surface area contributed by atoms with Gasteiger partial charge in [-0.3, -0.25) is 9.59 Å². The molecular formula is C20H26N4O3S. The van der Waals surface area contributed by atoms with E-state index in [0.29, 0.717) is 17.9 Å². The van der Waals surface area contributed by atoms with Crippen LogP contribution < -0.4 is 10.1 Å². The van der Waals surface area contributed by atoms with Gasteiger partial charge < -0.3 is 15.0 Å². The number of hydrogen-bond donors (Lipinski definition) is 1. The van der Waals surface area contributed by atoms with E-state index in [1.54, 1.807) is 10.3 Å². The quantitative estimate of drug-likeness (QED) is 0.769. The molecule has 28 heavy (non-hydrogen) atoms. The van der Waals surface area contributed by atoms with Gasteiger partial charge in [0.2, 0.25) is 5.91 Å². The zero-order valence-corrected chi connectivity index (χ0v) is 17.5. The molecule has 2 aromatic rings. The first kappa shape index (κ1) is 20.3. The van der Waals surface area contributed by atoms with E-state index in [1.165, 1.54) is 0 Å². The Bertz CT molecular complexity index is 828. The fourth-order valence-corrected chi connectivity index (χ4v) is 3.52. The molecule has 0 bridgehead atoms. The van der Waals surface area contributed by atoms with Crippen molar-refractivity contribution in [2.24, 2.45) is 0 Å². The predicted octanol–water partition coefficient (Wildman–Crippen LogP) is 3.20. The van der Waals surface area contributed by atoms with Crippen molar-refractivity contribution < 1.29 is 14.3 Å². The van der Waals surface area contributed by atoms with E-state index in [1.807, 2.05) is 52.0 Å². The van der Waals surface area contributed by atoms with Gasteiger partial charge in [0.1, 0.15) is 11.8 Å². The van der Waals surface area contributed by atoms with Gasteiger partial charge in [-0.1, -0.05) is 22.7 Å². The Balaban J connectivity index is 2.07. The maximum absolute atomic E-state index is 13.4. The molecule has 8 heteroatoms. The van der Waals surface area contributed by atoms with Crippen molar-refractivity contribution in [1.29, 1.82) is 0 Å². The molecule has 1 N–H and O–H groups in total. The van der Waals surface area contributed by atoms with E-state index in [0.717, 1.165) is 24.4 Å². The van der Waals surface area contributed by atoms with Crippen LogP contribution in [-0.4, -0.2) is 44.5 Å². The highest BCUT2D eigenvalue weighted by molar-refractivity contribution is 7.03. The maximum Gasteiger partial charge on any atom is 0.276 e. The van der Waals surface area contributed by atoms with Gasteiger partial charge in [-0.2, -0.15) is 0 Å². The predicted molar refractivity (Wildman–Crippen MR) is 107 cm³/mol. The van der Waals surface area contributed by atoms with Crippen LogP contribution in [0.25, 0.3) is 0 Å². The zero-order chi connectivity index (χ0) is 20.3. The van der Waals surface area contributed by atoms with Gasteiger partial charge in [0.05, 0.1) is 6.61 Å². The third kappa shape index (κ3) is 4.67. The zero-order valence-electron chi connectivity index (χ0n) is 16.6. The molecule has 1 fully saturated rings. The number of nitrogens with one attached hydrogen (secondary N) is 1. The third-order valence-electron chi connectivity index (χ3n) is 4.29. The Morgan fingerprint density at radius 1 is 1.32 bits per heavy atom. The summed E-state index contributed by atoms with van der Waals surface area (Å²) in [6, 6.07) is 6.59. The van der Waals surface area contributed by atoms with Crippen molar-refractivity contribution in [3.8, 4) is 5.75 Å². The number of nitrogens with zero attached hydrogens (tertiary/aromatic N) is 3. The topological polar surface area (TPSA) is 84.4 Å². The summed E-state index contributed by atoms with van der Waals surface area (Å²) >= 11 is 1.12. The van der Waals surface area contributed by atoms with Crippen LogP contribution in [0, 0.1) is 0 Å². The number of amides is 2. The highest BCUT2D eigenvalue weighted by Gasteiger charge is 2.43. The number of ether oxygens (including phenoxy) is 1. The van der Waals surface area contributed by atoms with Gasteiger partial charge in [0.25, 0.3) is 5.91 Å². The van der Waals surface area contributed by atoms with Crippen molar-refractivity contribution in [2.45, 2.75) is 58.2 Å². The average Bonchev–Trinajstić information content (AvgIpc) is 3.30. The first-order chi connectivity index (χ1) is 13.3. The van der Waals surface area contributed by atoms with Crippen LogP contribution in [0.5, 0.6) is 5.75 Å². The number of carbonyl (C=O) groups excluding carboxylic acids is 2. The number of para-hydroxylation sites is 1. The summed E-state index contributed by atoms with van der Waals surface area (Å²) in [7, 11) is 0. The molecule has 1 heterocycles. The fraction of sp³-hybridized carbons (Fsp3) is 0.500. The Morgan fingerprint density at radius 3 is 2.61 bits per heavy atom. The highest BCUT2D eigenvalue weighted by Crippen LogP contribution is 2.39. The van der Waals surface area contributed by atoms with Gasteiger partial charge in [0.15, 0.2) is 5.69 Å². The Hall–Kier alpha value is -2.48. The molecule has 1 saturated carbocycles. The largest absolute Gasteiger partial charge is 0.494 e. The van der Waals surface area contributed by atoms with Gasteiger partial charge in [-0.15, -0.1) is 5.10 Å². The molecule has 1 aliphatic carbocycles. The van der Waals surface area contributed by atoms with Gasteiger partial charge in [-0.05, 0) is 58.1 Å². The minimum absolute atomic E-state index is 0.000369. The molecule has 3 rings (SSSR count). The molecule has 0 radical (unpaired) electrons. The molecule has 0 spiro atoms. The van der Waals surface area contributed by atoms with Crippen LogP contribution in [0.2, 0.25) is 0 Å². The first-order valence-electron chi connectivity index (χ1n) is 9.45. The summed E-state index contributed by atoms with van der Waals surface area (Å²) in [6.45, 7) is 8.13. The van der Waals surface area contributed by atoms with E-state index in [9.17, 15) is 9.59 Å². The van der Waals surface area contributed by atoms with Crippen LogP contribution in [0.15, 0.2) is 29.6 Å². The first-order valence-corrected chi connectivity index (χ1v) is 10.3. The molecular weight excluding hydrogens is 376 g/mol. The number of rotatable bonds is 7. The van der Waals surface area contributed by atoms with Crippen molar-refractivity contribution >= 4 is 23.3 Å². The van der Waals surface area contributed by atoms with Crippen LogP contribution in [-0.2, 0) is 4.79 Å². The summed E-state index contributed by atoms with van der Waals surface area (Å²) < 4.78 is 9.58. The van der Waals surface area contributed by atoms with Crippen LogP contribution in [0.4, 0.5) is 0 Å². The van der Waals surface area contributed by atoms with E-state index in [4.69, 9.17) is 4.74 Å². The van der Waals surface area contributed by atoms with E-state index >= 15 is 0 Å². The molecule has 1 aliphatic rings. The van der Waals surface area contributed by atoms with Gasteiger partial charge in [0, 0.05) is 22.5 Å². The summed E-state index contributed by atoms with van der Waals surface area (Å²) in [5, 5.41) is 8.57. The van der Waals surface area contributed by atoms with Crippen molar-refractivity contribution in [3.05, 3.63) is 40.9 Å². The maximum atomic E-state index is 13.4. The smallest absolute Gasteiger partial charge is 0.276 e. The summed E-state index contributed by atoms with van der Waals surface area (Å²) in [6.07, 6.45) is 1.72. The molecule has 2 amide bonds. The second-order valence-electron chi connectivity index (χ2n) is 7.85. The lowest BCUT2D eigenvalue weighted by molar-refractivity contribution is -0.127. The number of hydrogen-bond acceptors (Lipinski definition) is 6. The van der Waals surface area contributed by atoms with Crippen LogP contribution in [0.3, 0.4) is 0 Å². The molecule has 0 unspecified atom stereocenters. The van der Waals surface area contributed by atoms with Gasteiger partial charge in [-0.25, -0.2) is 0 Å². The normalized spacial score (nSPS) is 15.0. The average molecular weight is 403 g/mol. The summed E-state index contributed by atoms with van der Waals surface area (Å²) in [5.74, 6) is 0.0913. The van der Waals surface area contributed by atoms with Crippen molar-refractivity contribution in [2.75, 3.05) is 6.61 Å². The van der Waals surface area contributed by atoms with Crippen LogP contribution >= 0.6 is 11.5 Å². The Kier molecular flexibility index (Phi) is 5.98. The molecule has 0 aliphatic heterocycles. The second-order valence-corrected chi connectivity index (χ2v) is 8.46. The summed E-state index contributed by atoms with van der Waals surface area (Å²) in [4.78, 5) is 28.3. The minimum atomic E-state index is -0.802. The standard InChI is InChI=1S/C20H26N4O3S/c1-5-27-16-9-7-6-8-14(16)17(18(25)21-20(2,3)4)24(13-10-11-13)19(26)15-12-28-23-22-15/h6-9,12-13,17H,5,10-11H2,1-4H3,(H,21,25)/t17-/m0/s1. The molecule has 150 valence electrons. The number of carbonyl (C=O) groups is 2. The molecule has 1 atom stereocenters. The highest BCUT2D eigenvalue weighted by atomic mass is 32.1. The van der Waals surface area contributed by atoms with E-state index in [-0.39, 0.29) is 23.6 Å². The SMILES string of the molecule is CCOc1ccccc1[C@@H](C(=O)NC(C)(C)C)N(C(=O)c1csnn1)C1CC1. The molecule has 0 saturated heterocycles. The Labute approximate surface area is 169 Å². The number of aromatic nitrogens is 2. The summed E-state index contributed by atoms with van der Waals surface area (Å²) in [5.41, 5.74) is 0.505. The molecule has 1 aromatic heterocycles. The second kappa shape index (κ2) is 8.26. The van der Waals surface area contributed by atoms with E-state index < -0.39 is 11.6 Å². The number of benzene rings is 1. The van der Waals surface area contributed by atoms with E-state index in [2.05, 4.69) is 14.9 Å². The lowest BCUT2D eigenvalue weighted by atomic mass is 10.00. The van der Waals surface area contributed by atoms with Gasteiger partial charge >= 0.3 is 0 Å². The molecule has 1 aromatic carbocycles. The van der Waals surface area contributed by atoms with Crippen molar-refractivity contribution in [3.63, 3.8) is 0 Å². The minimum Gasteiger partial charge on any atom is -0.494 e. The molecule has 7 nitrogen and oxygen atoms in total. The third-order valence-corrected chi connectivity index (χ3v) is 4.80. The monoisotopic (exact) mass is 402 g/mol. The van der Waals surface area contributed by atoms with Crippen LogP contribution in [0.1, 0.15) is 62.6 Å². The fourth-order valence-electron chi connectivity index (χ4n) is 3.09. The lowest BCUT2D eigenvalue weighted by Crippen LogP contribution is -2.50. The Morgan fingerprint density at radius 2 is 2.04 bits per heavy atom. The lowest BCUT2D eigenvalue weighted by Gasteiger charge is -2.34. The van der Waals surface area contributed by atoms with Crippen molar-refractivity contribution in [1.82, 2.24) is 19.8 Å².